The van der Waals surface area contributed by atoms with Crippen molar-refractivity contribution in [3.8, 4) is 0 Å². The van der Waals surface area contributed by atoms with Gasteiger partial charge in [-0.15, -0.1) is 3.95 Å². The molecule has 0 amide bonds. The second kappa shape index (κ2) is 8.07. The third-order valence-corrected chi connectivity index (χ3v) is 1.59. The first-order chi connectivity index (χ1) is 6.16. The molecule has 0 aliphatic carbocycles. The summed E-state index contributed by atoms with van der Waals surface area (Å²) in [6.45, 7) is 1.34. The van der Waals surface area contributed by atoms with Gasteiger partial charge >= 0.3 is 5.97 Å². The molecule has 0 aromatic carbocycles. The van der Waals surface area contributed by atoms with E-state index in [4.69, 9.17) is 22.9 Å². The molecule has 0 rings (SSSR count). The third kappa shape index (κ3) is 9.36. The normalized spacial score (nSPS) is 9.69. The average molecular weight is 205 g/mol. The molecule has 76 valence electrons. The molecule has 0 aliphatic heterocycles. The Morgan fingerprint density at radius 3 is 2.69 bits per heavy atom. The monoisotopic (exact) mass is 205 g/mol. The van der Waals surface area contributed by atoms with Crippen molar-refractivity contribution in [2.75, 3.05) is 26.7 Å². The number of unbranched alkanes of at least 4 members (excludes halogenated alkanes) is 2. The topological polar surface area (TPSA) is 55.3 Å². The highest BCUT2D eigenvalue weighted by molar-refractivity contribution is 7.44. The fraction of sp³-hybridized carbons (Fsp3) is 0.875. The van der Waals surface area contributed by atoms with Gasteiger partial charge in [0.25, 0.3) is 19.0 Å². The molecule has 0 radical (unpaired) electrons. The summed E-state index contributed by atoms with van der Waals surface area (Å²) in [4.78, 5) is 10.9. The van der Waals surface area contributed by atoms with Gasteiger partial charge in [0.2, 0.25) is 0 Å². The minimum atomic E-state index is -0.259. The van der Waals surface area contributed by atoms with Gasteiger partial charge in [-0.2, -0.15) is 0 Å². The number of nitrogens with two attached hydrogens (primary N) is 1. The van der Waals surface area contributed by atoms with Gasteiger partial charge in [0, 0.05) is 0 Å². The molecular formula is C8H17N2O2S+. The van der Waals surface area contributed by atoms with Gasteiger partial charge in [-0.3, -0.25) is 0 Å². The van der Waals surface area contributed by atoms with Gasteiger partial charge in [-0.05, 0) is 25.8 Å². The van der Waals surface area contributed by atoms with Crippen molar-refractivity contribution >= 4 is 18.4 Å². The summed E-state index contributed by atoms with van der Waals surface area (Å²) < 4.78 is 6.29. The first-order valence-electron chi connectivity index (χ1n) is 4.40. The Morgan fingerprint density at radius 1 is 1.46 bits per heavy atom. The molecule has 0 saturated carbocycles. The number of rotatable bonds is 7. The van der Waals surface area contributed by atoms with E-state index in [1.807, 2.05) is 0 Å². The zero-order valence-corrected chi connectivity index (χ0v) is 8.81. The number of hydrogen-bond acceptors (Lipinski definition) is 4. The lowest BCUT2D eigenvalue weighted by Gasteiger charge is -2.01. The van der Waals surface area contributed by atoms with E-state index >= 15 is 0 Å². The molecule has 2 N–H and O–H groups in total. The number of esters is 1. The van der Waals surface area contributed by atoms with Crippen LogP contribution in [0.15, 0.2) is 0 Å². The maximum atomic E-state index is 10.9. The minimum absolute atomic E-state index is 0.173. The van der Waals surface area contributed by atoms with Crippen molar-refractivity contribution in [1.82, 2.24) is 0 Å². The quantitative estimate of drug-likeness (QED) is 0.362. The summed E-state index contributed by atoms with van der Waals surface area (Å²) in [7, 11) is 1.66. The van der Waals surface area contributed by atoms with E-state index < -0.39 is 0 Å². The van der Waals surface area contributed by atoms with Crippen LogP contribution in [0.5, 0.6) is 0 Å². The van der Waals surface area contributed by atoms with E-state index in [1.165, 1.54) is 3.95 Å². The second-order valence-electron chi connectivity index (χ2n) is 2.86. The van der Waals surface area contributed by atoms with E-state index in [0.29, 0.717) is 13.2 Å². The number of nitrogens with zero attached hydrogens (tertiary/aromatic N) is 1. The number of hydrogen-bond donors (Lipinski definition) is 1. The predicted octanol–water partition coefficient (Wildman–Crippen LogP) is 0.0314. The number of likely N-dealkylation sites (N-methyl/N-ethyl adjacent to an activating group) is 1. The van der Waals surface area contributed by atoms with Gasteiger partial charge in [-0.25, -0.2) is 4.79 Å². The Morgan fingerprint density at radius 2 is 2.15 bits per heavy atom. The molecule has 0 aromatic heterocycles. The molecule has 0 heterocycles. The van der Waals surface area contributed by atoms with Crippen molar-refractivity contribution < 1.29 is 13.5 Å². The van der Waals surface area contributed by atoms with Crippen molar-refractivity contribution in [3.05, 3.63) is 0 Å². The summed E-state index contributed by atoms with van der Waals surface area (Å²) >= 11 is 4.69. The Hall–Kier alpha value is -0.550. The second-order valence-corrected chi connectivity index (χ2v) is 3.48. The van der Waals surface area contributed by atoms with Gasteiger partial charge in [-0.1, -0.05) is 0 Å². The molecular weight excluding hydrogens is 188 g/mol. The van der Waals surface area contributed by atoms with Gasteiger partial charge in [0.15, 0.2) is 0 Å². The highest BCUT2D eigenvalue weighted by atomic mass is 32.1. The van der Waals surface area contributed by atoms with E-state index in [2.05, 4.69) is 0 Å². The molecule has 0 fully saturated rings. The summed E-state index contributed by atoms with van der Waals surface area (Å²) in [5.41, 5.74) is 5.31. The smallest absolute Gasteiger partial charge is 0.373 e. The third-order valence-electron chi connectivity index (χ3n) is 1.46. The molecule has 0 spiro atoms. The lowest BCUT2D eigenvalue weighted by molar-refractivity contribution is -0.457. The van der Waals surface area contributed by atoms with Crippen LogP contribution in [0.25, 0.3) is 0 Å². The summed E-state index contributed by atoms with van der Waals surface area (Å²) in [6.07, 6.45) is 2.87. The van der Waals surface area contributed by atoms with E-state index in [9.17, 15) is 4.79 Å². The van der Waals surface area contributed by atoms with Crippen LogP contribution in [0.3, 0.4) is 0 Å². The van der Waals surface area contributed by atoms with Crippen molar-refractivity contribution in [1.29, 1.82) is 0 Å². The van der Waals surface area contributed by atoms with Crippen LogP contribution < -0.4 is 5.73 Å². The number of ether oxygens (including phenoxy) is 1. The highest BCUT2D eigenvalue weighted by Crippen LogP contribution is 1.94. The fourth-order valence-electron chi connectivity index (χ4n) is 0.837. The van der Waals surface area contributed by atoms with Gasteiger partial charge < -0.3 is 10.5 Å². The zero-order chi connectivity index (χ0) is 10.1. The van der Waals surface area contributed by atoms with Crippen LogP contribution in [0.4, 0.5) is 0 Å². The molecule has 0 atom stereocenters. The summed E-state index contributed by atoms with van der Waals surface area (Å²) in [5, 5.41) is 0. The Kier molecular flexibility index (Phi) is 7.73. The van der Waals surface area contributed by atoms with E-state index in [0.717, 1.165) is 19.3 Å². The van der Waals surface area contributed by atoms with Crippen molar-refractivity contribution in [2.45, 2.75) is 19.3 Å². The van der Waals surface area contributed by atoms with Gasteiger partial charge in [0.05, 0.1) is 6.61 Å². The molecule has 0 bridgehead atoms. The highest BCUT2D eigenvalue weighted by Gasteiger charge is 2.07. The Labute approximate surface area is 84.2 Å². The average Bonchev–Trinajstić information content (AvgIpc) is 2.02. The molecule has 0 aromatic rings. The molecule has 0 unspecified atom stereocenters. The largest absolute Gasteiger partial charge is 0.461 e. The van der Waals surface area contributed by atoms with Crippen LogP contribution in [-0.2, 0) is 22.0 Å². The van der Waals surface area contributed by atoms with Gasteiger partial charge in [0.1, 0.15) is 7.05 Å². The summed E-state index contributed by atoms with van der Waals surface area (Å²) in [6, 6.07) is 0. The fourth-order valence-corrected chi connectivity index (χ4v) is 0.942. The molecule has 4 nitrogen and oxygen atoms in total. The SMILES string of the molecule is C[N+](=S)CC(=O)OCCCCCN. The molecule has 0 aliphatic rings. The standard InChI is InChI=1S/C8H17N2O2S/c1-10(13)7-8(11)12-6-4-2-3-5-9/h2-7,9H2,1H3/q+1. The van der Waals surface area contributed by atoms with Crippen molar-refractivity contribution in [2.24, 2.45) is 5.73 Å². The lowest BCUT2D eigenvalue weighted by atomic mass is 10.2. The van der Waals surface area contributed by atoms with Crippen LogP contribution in [-0.4, -0.2) is 36.7 Å². The van der Waals surface area contributed by atoms with E-state index in [1.54, 1.807) is 7.05 Å². The first kappa shape index (κ1) is 12.4. The first-order valence-corrected chi connectivity index (χ1v) is 4.77. The van der Waals surface area contributed by atoms with Crippen LogP contribution in [0.2, 0.25) is 0 Å². The molecule has 5 heteroatoms. The van der Waals surface area contributed by atoms with Crippen LogP contribution in [0.1, 0.15) is 19.3 Å². The Bertz CT molecular complexity index is 174. The summed E-state index contributed by atoms with van der Waals surface area (Å²) in [5.74, 6) is -0.259. The minimum Gasteiger partial charge on any atom is -0.461 e. The van der Waals surface area contributed by atoms with Crippen LogP contribution >= 0.6 is 0 Å². The van der Waals surface area contributed by atoms with Crippen molar-refractivity contribution in [3.63, 3.8) is 0 Å². The maximum Gasteiger partial charge on any atom is 0.373 e. The number of carbonyl (C=O) groups excluding carboxylic acids is 1. The zero-order valence-electron chi connectivity index (χ0n) is 7.99. The number of carbonyl (C=O) groups is 1. The molecule has 0 saturated heterocycles. The molecule has 13 heavy (non-hydrogen) atoms. The maximum absolute atomic E-state index is 10.9. The lowest BCUT2D eigenvalue weighted by Crippen LogP contribution is -2.18. The predicted molar refractivity (Wildman–Crippen MR) is 52.3 cm³/mol. The Balaban J connectivity index is 3.22. The van der Waals surface area contributed by atoms with Crippen LogP contribution in [0, 0.1) is 0 Å². The van der Waals surface area contributed by atoms with E-state index in [-0.39, 0.29) is 12.5 Å².